The number of rotatable bonds is 4. The predicted molar refractivity (Wildman–Crippen MR) is 68.1 cm³/mol. The Hall–Kier alpha value is -0.830. The molecule has 1 heterocycles. The zero-order valence-corrected chi connectivity index (χ0v) is 11.2. The van der Waals surface area contributed by atoms with Gasteiger partial charge in [0.1, 0.15) is 0 Å². The minimum Gasteiger partial charge on any atom is -0.327 e. The Bertz CT molecular complexity index is 322. The lowest BCUT2D eigenvalue weighted by atomic mass is 9.78. The molecular weight excluding hydrogens is 198 g/mol. The Morgan fingerprint density at radius 3 is 2.50 bits per heavy atom. The third-order valence-electron chi connectivity index (χ3n) is 3.39. The molecule has 1 rings (SSSR count). The maximum absolute atomic E-state index is 6.18. The monoisotopic (exact) mass is 223 g/mol. The van der Waals surface area contributed by atoms with Crippen LogP contribution in [0.5, 0.6) is 0 Å². The highest BCUT2D eigenvalue weighted by Gasteiger charge is 2.22. The summed E-state index contributed by atoms with van der Waals surface area (Å²) in [6.45, 7) is 9.10. The van der Waals surface area contributed by atoms with Crippen molar-refractivity contribution in [3.63, 3.8) is 0 Å². The molecule has 2 unspecified atom stereocenters. The first-order valence-corrected chi connectivity index (χ1v) is 6.02. The van der Waals surface area contributed by atoms with Crippen molar-refractivity contribution in [3.8, 4) is 0 Å². The highest BCUT2D eigenvalue weighted by atomic mass is 15.2. The summed E-state index contributed by atoms with van der Waals surface area (Å²) >= 11 is 0. The molecule has 2 atom stereocenters. The van der Waals surface area contributed by atoms with E-state index < -0.39 is 0 Å². The molecule has 0 aliphatic heterocycles. The van der Waals surface area contributed by atoms with Gasteiger partial charge < -0.3 is 5.73 Å². The SMILES string of the molecule is CC(CC(N)Cc1cnn(C)c1)C(C)(C)C. The molecule has 0 fully saturated rings. The van der Waals surface area contributed by atoms with Gasteiger partial charge in [-0.3, -0.25) is 4.68 Å². The van der Waals surface area contributed by atoms with Crippen molar-refractivity contribution >= 4 is 0 Å². The van der Waals surface area contributed by atoms with Crippen LogP contribution in [0.4, 0.5) is 0 Å². The molecular formula is C13H25N3. The van der Waals surface area contributed by atoms with Gasteiger partial charge in [-0.15, -0.1) is 0 Å². The number of aromatic nitrogens is 2. The van der Waals surface area contributed by atoms with E-state index in [1.165, 1.54) is 5.56 Å². The molecule has 0 radical (unpaired) electrons. The number of aryl methyl sites for hydroxylation is 1. The van der Waals surface area contributed by atoms with Crippen LogP contribution in [0, 0.1) is 11.3 Å². The fourth-order valence-corrected chi connectivity index (χ4v) is 1.77. The molecule has 3 heteroatoms. The Morgan fingerprint density at radius 2 is 2.06 bits per heavy atom. The van der Waals surface area contributed by atoms with Gasteiger partial charge in [-0.25, -0.2) is 0 Å². The van der Waals surface area contributed by atoms with E-state index in [1.54, 1.807) is 0 Å². The van der Waals surface area contributed by atoms with Crippen LogP contribution in [0.1, 0.15) is 39.7 Å². The van der Waals surface area contributed by atoms with Crippen molar-refractivity contribution in [2.75, 3.05) is 0 Å². The summed E-state index contributed by atoms with van der Waals surface area (Å²) in [6.07, 6.45) is 5.94. The van der Waals surface area contributed by atoms with Crippen molar-refractivity contribution in [1.82, 2.24) is 9.78 Å². The van der Waals surface area contributed by atoms with Crippen LogP contribution in [0.2, 0.25) is 0 Å². The van der Waals surface area contributed by atoms with Crippen LogP contribution >= 0.6 is 0 Å². The summed E-state index contributed by atoms with van der Waals surface area (Å²) in [5.41, 5.74) is 7.75. The van der Waals surface area contributed by atoms with Crippen molar-refractivity contribution in [2.24, 2.45) is 24.1 Å². The van der Waals surface area contributed by atoms with Gasteiger partial charge in [-0.05, 0) is 29.7 Å². The smallest absolute Gasteiger partial charge is 0.0522 e. The lowest BCUT2D eigenvalue weighted by Crippen LogP contribution is -2.30. The summed E-state index contributed by atoms with van der Waals surface area (Å²) in [7, 11) is 1.94. The second-order valence-corrected chi connectivity index (χ2v) is 5.99. The van der Waals surface area contributed by atoms with E-state index in [4.69, 9.17) is 5.73 Å². The predicted octanol–water partition coefficient (Wildman–Crippen LogP) is 2.36. The van der Waals surface area contributed by atoms with Crippen molar-refractivity contribution in [3.05, 3.63) is 18.0 Å². The molecule has 1 aromatic heterocycles. The van der Waals surface area contributed by atoms with Gasteiger partial charge in [0.15, 0.2) is 0 Å². The third-order valence-corrected chi connectivity index (χ3v) is 3.39. The summed E-state index contributed by atoms with van der Waals surface area (Å²) in [5, 5.41) is 4.16. The molecule has 0 spiro atoms. The molecule has 0 saturated carbocycles. The number of hydrogen-bond donors (Lipinski definition) is 1. The molecule has 16 heavy (non-hydrogen) atoms. The van der Waals surface area contributed by atoms with E-state index >= 15 is 0 Å². The molecule has 0 saturated heterocycles. The van der Waals surface area contributed by atoms with Crippen LogP contribution in [0.25, 0.3) is 0 Å². The highest BCUT2D eigenvalue weighted by Crippen LogP contribution is 2.29. The van der Waals surface area contributed by atoms with Crippen LogP contribution in [-0.4, -0.2) is 15.8 Å². The Kier molecular flexibility index (Phi) is 4.14. The summed E-state index contributed by atoms with van der Waals surface area (Å²) in [6, 6.07) is 0.235. The fourth-order valence-electron chi connectivity index (χ4n) is 1.77. The normalized spacial score (nSPS) is 16.1. The molecule has 0 bridgehead atoms. The Labute approximate surface area is 99.0 Å². The van der Waals surface area contributed by atoms with Crippen LogP contribution in [0.15, 0.2) is 12.4 Å². The highest BCUT2D eigenvalue weighted by molar-refractivity contribution is 5.05. The van der Waals surface area contributed by atoms with Crippen molar-refractivity contribution in [1.29, 1.82) is 0 Å². The van der Waals surface area contributed by atoms with E-state index in [0.29, 0.717) is 11.3 Å². The molecule has 92 valence electrons. The first-order chi connectivity index (χ1) is 7.29. The quantitative estimate of drug-likeness (QED) is 0.851. The minimum absolute atomic E-state index is 0.235. The zero-order valence-electron chi connectivity index (χ0n) is 11.2. The summed E-state index contributed by atoms with van der Waals surface area (Å²) in [4.78, 5) is 0. The average Bonchev–Trinajstić information content (AvgIpc) is 2.49. The number of nitrogens with two attached hydrogens (primary N) is 1. The van der Waals surface area contributed by atoms with Gasteiger partial charge in [-0.2, -0.15) is 5.10 Å². The lowest BCUT2D eigenvalue weighted by molar-refractivity contribution is 0.233. The molecule has 0 amide bonds. The zero-order chi connectivity index (χ0) is 12.3. The Balaban J connectivity index is 2.45. The molecule has 0 aromatic carbocycles. The van der Waals surface area contributed by atoms with Crippen LogP contribution in [-0.2, 0) is 13.5 Å². The van der Waals surface area contributed by atoms with Gasteiger partial charge in [0.2, 0.25) is 0 Å². The van der Waals surface area contributed by atoms with Gasteiger partial charge in [0.05, 0.1) is 6.20 Å². The first-order valence-electron chi connectivity index (χ1n) is 6.02. The van der Waals surface area contributed by atoms with Crippen molar-refractivity contribution in [2.45, 2.75) is 46.6 Å². The maximum atomic E-state index is 6.18. The fraction of sp³-hybridized carbons (Fsp3) is 0.769. The summed E-state index contributed by atoms with van der Waals surface area (Å²) in [5.74, 6) is 0.638. The minimum atomic E-state index is 0.235. The van der Waals surface area contributed by atoms with Crippen LogP contribution in [0.3, 0.4) is 0 Å². The largest absolute Gasteiger partial charge is 0.327 e. The van der Waals surface area contributed by atoms with Gasteiger partial charge in [0, 0.05) is 19.3 Å². The molecule has 1 aromatic rings. The molecule has 0 aliphatic carbocycles. The van der Waals surface area contributed by atoms with Gasteiger partial charge >= 0.3 is 0 Å². The van der Waals surface area contributed by atoms with Crippen LogP contribution < -0.4 is 5.73 Å². The topological polar surface area (TPSA) is 43.8 Å². The average molecular weight is 223 g/mol. The second kappa shape index (κ2) is 5.00. The molecule has 0 aliphatic rings. The van der Waals surface area contributed by atoms with Gasteiger partial charge in [0.25, 0.3) is 0 Å². The number of nitrogens with zero attached hydrogens (tertiary/aromatic N) is 2. The lowest BCUT2D eigenvalue weighted by Gasteiger charge is -2.29. The van der Waals surface area contributed by atoms with Gasteiger partial charge in [-0.1, -0.05) is 27.7 Å². The standard InChI is InChI=1S/C13H25N3/c1-10(13(2,3)4)6-12(14)7-11-8-15-16(5)9-11/h8-10,12H,6-7,14H2,1-5H3. The summed E-state index contributed by atoms with van der Waals surface area (Å²) < 4.78 is 1.83. The van der Waals surface area contributed by atoms with E-state index in [1.807, 2.05) is 24.1 Å². The van der Waals surface area contributed by atoms with E-state index in [-0.39, 0.29) is 6.04 Å². The Morgan fingerprint density at radius 1 is 1.44 bits per heavy atom. The van der Waals surface area contributed by atoms with Crippen molar-refractivity contribution < 1.29 is 0 Å². The molecule has 2 N–H and O–H groups in total. The van der Waals surface area contributed by atoms with E-state index in [0.717, 1.165) is 12.8 Å². The van der Waals surface area contributed by atoms with E-state index in [2.05, 4.69) is 32.8 Å². The third kappa shape index (κ3) is 3.97. The number of hydrogen-bond acceptors (Lipinski definition) is 2. The van der Waals surface area contributed by atoms with E-state index in [9.17, 15) is 0 Å². The second-order valence-electron chi connectivity index (χ2n) is 5.99. The first kappa shape index (κ1) is 13.2. The maximum Gasteiger partial charge on any atom is 0.0522 e. The molecule has 3 nitrogen and oxygen atoms in total.